The lowest BCUT2D eigenvalue weighted by Gasteiger charge is -2.15. The number of thioether (sulfide) groups is 1. The van der Waals surface area contributed by atoms with Gasteiger partial charge in [-0.15, -0.1) is 10.2 Å². The maximum absolute atomic E-state index is 12.3. The number of hydrogen-bond donors (Lipinski definition) is 2. The molecular weight excluding hydrogens is 432 g/mol. The summed E-state index contributed by atoms with van der Waals surface area (Å²) < 4.78 is 13.0. The van der Waals surface area contributed by atoms with Gasteiger partial charge in [0.2, 0.25) is 5.91 Å². The highest BCUT2D eigenvalue weighted by Gasteiger charge is 2.19. The normalized spacial score (nSPS) is 11.6. The molecule has 2 N–H and O–H groups in total. The van der Waals surface area contributed by atoms with Crippen LogP contribution in [0.1, 0.15) is 36.1 Å². The molecular formula is C22H24N4O5S. The molecule has 0 bridgehead atoms. The first kappa shape index (κ1) is 23.1. The van der Waals surface area contributed by atoms with Gasteiger partial charge in [-0.2, -0.15) is 0 Å². The van der Waals surface area contributed by atoms with Crippen molar-refractivity contribution in [1.82, 2.24) is 14.8 Å². The molecule has 3 aromatic rings. The lowest BCUT2D eigenvalue weighted by atomic mass is 10.2. The Labute approximate surface area is 189 Å². The lowest BCUT2D eigenvalue weighted by molar-refractivity contribution is -0.113. The second kappa shape index (κ2) is 10.7. The molecule has 0 aliphatic carbocycles. The second-order valence-corrected chi connectivity index (χ2v) is 7.68. The van der Waals surface area contributed by atoms with Crippen molar-refractivity contribution in [1.29, 1.82) is 0 Å². The third-order valence-electron chi connectivity index (χ3n) is 4.55. The molecule has 1 amide bonds. The van der Waals surface area contributed by atoms with Gasteiger partial charge in [0.1, 0.15) is 11.5 Å². The standard InChI is InChI=1S/C22H24N4O5S/c1-4-26-20(14(2)31-18-11-9-17(30-3)10-12-18)24-25-22(26)32-13-19(27)23-16-7-5-15(6-8-16)21(28)29/h5-12,14H,4,13H2,1-3H3,(H,23,27)(H,28,29). The number of aromatic nitrogens is 3. The van der Waals surface area contributed by atoms with Crippen molar-refractivity contribution in [3.63, 3.8) is 0 Å². The molecule has 10 heteroatoms. The quantitative estimate of drug-likeness (QED) is 0.442. The van der Waals surface area contributed by atoms with Crippen LogP contribution in [0.2, 0.25) is 0 Å². The molecule has 32 heavy (non-hydrogen) atoms. The van der Waals surface area contributed by atoms with Crippen LogP contribution in [-0.2, 0) is 11.3 Å². The van der Waals surface area contributed by atoms with E-state index in [0.29, 0.717) is 29.0 Å². The van der Waals surface area contributed by atoms with E-state index in [9.17, 15) is 9.59 Å². The van der Waals surface area contributed by atoms with Gasteiger partial charge in [0.05, 0.1) is 18.4 Å². The van der Waals surface area contributed by atoms with Crippen molar-refractivity contribution in [3.05, 3.63) is 59.9 Å². The summed E-state index contributed by atoms with van der Waals surface area (Å²) in [6, 6.07) is 13.3. The second-order valence-electron chi connectivity index (χ2n) is 6.74. The number of nitrogens with one attached hydrogen (secondary N) is 1. The molecule has 3 rings (SSSR count). The molecule has 1 aromatic heterocycles. The Morgan fingerprint density at radius 2 is 1.75 bits per heavy atom. The average Bonchev–Trinajstić information content (AvgIpc) is 3.21. The van der Waals surface area contributed by atoms with Crippen LogP contribution in [-0.4, -0.2) is 44.6 Å². The Hall–Kier alpha value is -3.53. The van der Waals surface area contributed by atoms with E-state index < -0.39 is 5.97 Å². The van der Waals surface area contributed by atoms with E-state index in [1.807, 2.05) is 42.7 Å². The summed E-state index contributed by atoms with van der Waals surface area (Å²) in [6.07, 6.45) is -0.341. The molecule has 0 fully saturated rings. The Bertz CT molecular complexity index is 1070. The molecule has 0 aliphatic rings. The monoisotopic (exact) mass is 456 g/mol. The molecule has 0 aliphatic heterocycles. The van der Waals surface area contributed by atoms with Gasteiger partial charge < -0.3 is 24.5 Å². The summed E-state index contributed by atoms with van der Waals surface area (Å²) in [6.45, 7) is 4.49. The first-order chi connectivity index (χ1) is 15.4. The third kappa shape index (κ3) is 5.79. The van der Waals surface area contributed by atoms with Crippen molar-refractivity contribution in [2.24, 2.45) is 0 Å². The number of nitrogens with zero attached hydrogens (tertiary/aromatic N) is 3. The molecule has 0 spiro atoms. The molecule has 0 saturated carbocycles. The topological polar surface area (TPSA) is 116 Å². The first-order valence-corrected chi connectivity index (χ1v) is 10.9. The zero-order chi connectivity index (χ0) is 23.1. The van der Waals surface area contributed by atoms with Crippen molar-refractivity contribution in [2.45, 2.75) is 31.7 Å². The van der Waals surface area contributed by atoms with E-state index in [1.165, 1.54) is 23.9 Å². The number of rotatable bonds is 10. The van der Waals surface area contributed by atoms with Crippen LogP contribution in [0.15, 0.2) is 53.7 Å². The molecule has 0 radical (unpaired) electrons. The van der Waals surface area contributed by atoms with E-state index >= 15 is 0 Å². The van der Waals surface area contributed by atoms with Gasteiger partial charge in [0.25, 0.3) is 0 Å². The number of aromatic carboxylic acids is 1. The van der Waals surface area contributed by atoms with E-state index in [2.05, 4.69) is 15.5 Å². The molecule has 1 atom stereocenters. The van der Waals surface area contributed by atoms with Gasteiger partial charge in [-0.05, 0) is 62.4 Å². The highest BCUT2D eigenvalue weighted by Crippen LogP contribution is 2.26. The van der Waals surface area contributed by atoms with Crippen molar-refractivity contribution in [3.8, 4) is 11.5 Å². The van der Waals surface area contributed by atoms with Crippen LogP contribution in [0, 0.1) is 0 Å². The van der Waals surface area contributed by atoms with Crippen LogP contribution in [0.3, 0.4) is 0 Å². The van der Waals surface area contributed by atoms with Gasteiger partial charge >= 0.3 is 5.97 Å². The fourth-order valence-corrected chi connectivity index (χ4v) is 3.75. The smallest absolute Gasteiger partial charge is 0.335 e. The summed E-state index contributed by atoms with van der Waals surface area (Å²) >= 11 is 1.27. The number of methoxy groups -OCH3 is 1. The molecule has 168 valence electrons. The summed E-state index contributed by atoms with van der Waals surface area (Å²) in [7, 11) is 1.61. The average molecular weight is 457 g/mol. The SMILES string of the molecule is CCn1c(SCC(=O)Nc2ccc(C(=O)O)cc2)nnc1C(C)Oc1ccc(OC)cc1. The Morgan fingerprint density at radius 1 is 1.09 bits per heavy atom. The number of carbonyl (C=O) groups excluding carboxylic acids is 1. The van der Waals surface area contributed by atoms with Gasteiger partial charge in [-0.1, -0.05) is 11.8 Å². The molecule has 2 aromatic carbocycles. The fourth-order valence-electron chi connectivity index (χ4n) is 2.94. The predicted molar refractivity (Wildman–Crippen MR) is 120 cm³/mol. The number of carbonyl (C=O) groups is 2. The van der Waals surface area contributed by atoms with Gasteiger partial charge in [0, 0.05) is 12.2 Å². The van der Waals surface area contributed by atoms with Crippen LogP contribution in [0.4, 0.5) is 5.69 Å². The van der Waals surface area contributed by atoms with Crippen LogP contribution >= 0.6 is 11.8 Å². The highest BCUT2D eigenvalue weighted by atomic mass is 32.2. The first-order valence-electron chi connectivity index (χ1n) is 9.91. The number of carboxylic acids is 1. The summed E-state index contributed by atoms with van der Waals surface area (Å²) in [5.74, 6) is 0.983. The zero-order valence-corrected chi connectivity index (χ0v) is 18.8. The lowest BCUT2D eigenvalue weighted by Crippen LogP contribution is -2.15. The van der Waals surface area contributed by atoms with Crippen LogP contribution in [0.5, 0.6) is 11.5 Å². The van der Waals surface area contributed by atoms with Gasteiger partial charge in [-0.3, -0.25) is 4.79 Å². The maximum atomic E-state index is 12.3. The van der Waals surface area contributed by atoms with Gasteiger partial charge in [-0.25, -0.2) is 4.79 Å². The van der Waals surface area contributed by atoms with Crippen molar-refractivity contribution >= 4 is 29.3 Å². The minimum atomic E-state index is -1.02. The zero-order valence-electron chi connectivity index (χ0n) is 17.9. The predicted octanol–water partition coefficient (Wildman–Crippen LogP) is 3.88. The van der Waals surface area contributed by atoms with Crippen molar-refractivity contribution in [2.75, 3.05) is 18.2 Å². The van der Waals surface area contributed by atoms with Crippen molar-refractivity contribution < 1.29 is 24.2 Å². The largest absolute Gasteiger partial charge is 0.497 e. The third-order valence-corrected chi connectivity index (χ3v) is 5.51. The fraction of sp³-hybridized carbons (Fsp3) is 0.273. The number of benzene rings is 2. The van der Waals surface area contributed by atoms with Crippen LogP contribution in [0.25, 0.3) is 0 Å². The molecule has 9 nitrogen and oxygen atoms in total. The summed E-state index contributed by atoms with van der Waals surface area (Å²) in [5, 5.41) is 20.8. The number of ether oxygens (including phenoxy) is 2. The highest BCUT2D eigenvalue weighted by molar-refractivity contribution is 7.99. The van der Waals surface area contributed by atoms with E-state index in [-0.39, 0.29) is 23.3 Å². The molecule has 1 unspecified atom stereocenters. The number of carboxylic acid groups (broad SMARTS) is 1. The minimum Gasteiger partial charge on any atom is -0.497 e. The van der Waals surface area contributed by atoms with Gasteiger partial charge in [0.15, 0.2) is 17.1 Å². The number of anilines is 1. The Morgan fingerprint density at radius 3 is 2.34 bits per heavy atom. The Kier molecular flexibility index (Phi) is 7.72. The minimum absolute atomic E-state index is 0.131. The van der Waals surface area contributed by atoms with E-state index in [4.69, 9.17) is 14.6 Å². The summed E-state index contributed by atoms with van der Waals surface area (Å²) in [5.41, 5.74) is 0.687. The van der Waals surface area contributed by atoms with E-state index in [0.717, 1.165) is 5.75 Å². The van der Waals surface area contributed by atoms with E-state index in [1.54, 1.807) is 19.2 Å². The maximum Gasteiger partial charge on any atom is 0.335 e. The summed E-state index contributed by atoms with van der Waals surface area (Å²) in [4.78, 5) is 23.2. The Balaban J connectivity index is 1.59. The molecule has 0 saturated heterocycles. The number of hydrogen-bond acceptors (Lipinski definition) is 7. The molecule has 1 heterocycles. The van der Waals surface area contributed by atoms with Crippen LogP contribution < -0.4 is 14.8 Å². The number of amides is 1.